The molecule has 0 bridgehead atoms. The van der Waals surface area contributed by atoms with E-state index in [1.165, 1.54) is 49.5 Å². The molecule has 2 aliphatic carbocycles. The Morgan fingerprint density at radius 2 is 0.745 bits per heavy atom. The predicted octanol–water partition coefficient (Wildman–Crippen LogP) is 15.1. The number of benzene rings is 6. The Morgan fingerprint density at radius 1 is 0.373 bits per heavy atom. The van der Waals surface area contributed by atoms with Crippen LogP contribution in [0.3, 0.4) is 0 Å². The van der Waals surface area contributed by atoms with Crippen molar-refractivity contribution in [2.45, 2.75) is 55.1 Å². The first-order valence-electron chi connectivity index (χ1n) is 17.8. The number of fused-ring (bicyclic) bond motifs is 3. The lowest BCUT2D eigenvalue weighted by molar-refractivity contribution is 0.992. The molecule has 0 radical (unpaired) electrons. The van der Waals surface area contributed by atoms with E-state index in [9.17, 15) is 0 Å². The van der Waals surface area contributed by atoms with E-state index in [1.807, 2.05) is 11.3 Å². The quantitative estimate of drug-likeness (QED) is 0.147. The van der Waals surface area contributed by atoms with Crippen LogP contribution in [0.5, 0.6) is 0 Å². The maximum atomic E-state index is 2.59. The Labute approximate surface area is 308 Å². The van der Waals surface area contributed by atoms with Gasteiger partial charge in [-0.3, -0.25) is 0 Å². The first-order valence-corrected chi connectivity index (χ1v) is 21.9. The van der Waals surface area contributed by atoms with Crippen LogP contribution in [0.15, 0.2) is 233 Å². The van der Waals surface area contributed by atoms with E-state index in [0.29, 0.717) is 0 Å². The van der Waals surface area contributed by atoms with Crippen LogP contribution in [-0.2, 0) is 0 Å². The van der Waals surface area contributed by atoms with Gasteiger partial charge in [0.05, 0.1) is 0 Å². The molecule has 7 aromatic rings. The fourth-order valence-corrected chi connectivity index (χ4v) is 17.3. The highest BCUT2D eigenvalue weighted by atomic mass is 32.3. The Kier molecular flexibility index (Phi) is 8.65. The molecule has 0 saturated carbocycles. The second kappa shape index (κ2) is 13.7. The van der Waals surface area contributed by atoms with Crippen molar-refractivity contribution in [2.75, 3.05) is 0 Å². The lowest BCUT2D eigenvalue weighted by Gasteiger charge is -2.46. The summed E-state index contributed by atoms with van der Waals surface area (Å²) >= 11 is 1.92. The summed E-state index contributed by atoms with van der Waals surface area (Å²) in [6, 6.07) is 59.8. The first-order chi connectivity index (χ1) is 25.3. The second-order valence-electron chi connectivity index (χ2n) is 13.1. The van der Waals surface area contributed by atoms with E-state index >= 15 is 0 Å². The van der Waals surface area contributed by atoms with Crippen molar-refractivity contribution in [3.8, 4) is 0 Å². The molecule has 0 aliphatic heterocycles. The van der Waals surface area contributed by atoms with Crippen molar-refractivity contribution in [3.05, 3.63) is 204 Å². The maximum Gasteiger partial charge on any atom is 0.0356 e. The van der Waals surface area contributed by atoms with Crippen molar-refractivity contribution in [1.29, 1.82) is 0 Å². The molecule has 0 N–H and O–H groups in total. The number of thiophene rings is 1. The molecule has 3 heteroatoms. The third kappa shape index (κ3) is 5.38. The molecule has 1 aromatic heterocycles. The van der Waals surface area contributed by atoms with E-state index in [1.54, 1.807) is 9.81 Å². The molecule has 1 heterocycles. The van der Waals surface area contributed by atoms with Crippen LogP contribution in [0.1, 0.15) is 25.7 Å². The summed E-state index contributed by atoms with van der Waals surface area (Å²) in [6.45, 7) is 0. The van der Waals surface area contributed by atoms with Gasteiger partial charge in [0.15, 0.2) is 0 Å². The largest absolute Gasteiger partial charge is 0.140 e. The van der Waals surface area contributed by atoms with Gasteiger partial charge in [0.1, 0.15) is 0 Å². The molecule has 0 fully saturated rings. The van der Waals surface area contributed by atoms with Crippen molar-refractivity contribution in [3.63, 3.8) is 0 Å². The zero-order valence-corrected chi connectivity index (χ0v) is 31.0. The molecule has 0 amide bonds. The molecule has 0 saturated heterocycles. The zero-order chi connectivity index (χ0) is 34.1. The lowest BCUT2D eigenvalue weighted by atomic mass is 10.1. The number of rotatable bonds is 8. The van der Waals surface area contributed by atoms with Crippen LogP contribution >= 0.6 is 31.4 Å². The van der Waals surface area contributed by atoms with Crippen LogP contribution < -0.4 is 0 Å². The van der Waals surface area contributed by atoms with Gasteiger partial charge >= 0.3 is 0 Å². The zero-order valence-electron chi connectivity index (χ0n) is 28.5. The van der Waals surface area contributed by atoms with Gasteiger partial charge < -0.3 is 0 Å². The average Bonchev–Trinajstić information content (AvgIpc) is 3.59. The third-order valence-corrected chi connectivity index (χ3v) is 19.5. The van der Waals surface area contributed by atoms with Crippen LogP contribution in [0.25, 0.3) is 20.2 Å². The van der Waals surface area contributed by atoms with Crippen LogP contribution in [0.2, 0.25) is 0 Å². The molecule has 250 valence electrons. The fraction of sp³-hybridized carbons (Fsp3) is 0.0833. The van der Waals surface area contributed by atoms with Crippen LogP contribution in [0.4, 0.5) is 0 Å². The Hall–Kier alpha value is -4.80. The van der Waals surface area contributed by atoms with Crippen molar-refractivity contribution < 1.29 is 0 Å². The van der Waals surface area contributed by atoms with Crippen molar-refractivity contribution >= 4 is 51.6 Å². The van der Waals surface area contributed by atoms with Gasteiger partial charge in [0, 0.05) is 49.5 Å². The highest BCUT2D eigenvalue weighted by Crippen LogP contribution is 2.76. The maximum absolute atomic E-state index is 2.59. The van der Waals surface area contributed by atoms with E-state index in [2.05, 4.69) is 194 Å². The molecular formula is C48H40S3. The molecule has 9 rings (SSSR count). The van der Waals surface area contributed by atoms with Crippen LogP contribution in [-0.4, -0.2) is 0 Å². The van der Waals surface area contributed by atoms with Gasteiger partial charge in [-0.25, -0.2) is 0 Å². The van der Waals surface area contributed by atoms with Crippen molar-refractivity contribution in [1.82, 2.24) is 0 Å². The molecule has 6 aromatic carbocycles. The SMILES string of the molecule is C1=CCCC(S(C2=CC=CCC2)(c2ccccc2)c2ccc3sc4ccc(S(c5ccccc5)(c5ccccc5)c5ccccc5)cc4c3c2)=C1. The fourth-order valence-electron chi connectivity index (χ4n) is 8.01. The summed E-state index contributed by atoms with van der Waals surface area (Å²) in [7, 11) is -3.42. The molecule has 2 aliphatic rings. The summed E-state index contributed by atoms with van der Waals surface area (Å²) in [4.78, 5) is 11.4. The summed E-state index contributed by atoms with van der Waals surface area (Å²) in [6.07, 6.45) is 18.5. The monoisotopic (exact) mass is 712 g/mol. The normalized spacial score (nSPS) is 15.5. The minimum Gasteiger partial charge on any atom is -0.140 e. The Bertz CT molecular complexity index is 2320. The van der Waals surface area contributed by atoms with E-state index < -0.39 is 20.1 Å². The summed E-state index contributed by atoms with van der Waals surface area (Å²) in [5, 5.41) is 2.72. The summed E-state index contributed by atoms with van der Waals surface area (Å²) < 4.78 is 2.69. The third-order valence-electron chi connectivity index (χ3n) is 10.2. The van der Waals surface area contributed by atoms with Gasteiger partial charge in [-0.15, -0.1) is 31.4 Å². The standard InChI is InChI=1S/C48H40S3/c1-7-19-37(20-8-1)50(38-21-9-2-10-22-38,39-23-11-3-12-24-39)43-31-33-47-45(35-43)46-36-44(32-34-48(46)49-47)51(40-25-13-4-14-26-40,41-27-15-5-16-28-41)42-29-17-6-18-30-42/h1-15,17,19-27,29,31-36H,16,18,28,30H2. The molecule has 0 nitrogen and oxygen atoms in total. The van der Waals surface area contributed by atoms with Gasteiger partial charge in [0.25, 0.3) is 0 Å². The Morgan fingerprint density at radius 3 is 1.12 bits per heavy atom. The minimum atomic E-state index is -1.79. The Balaban J connectivity index is 1.34. The first kappa shape index (κ1) is 32.1. The molecule has 51 heavy (non-hydrogen) atoms. The van der Waals surface area contributed by atoms with E-state index in [0.717, 1.165) is 25.7 Å². The molecule has 0 unspecified atom stereocenters. The molecular weight excluding hydrogens is 673 g/mol. The highest BCUT2D eigenvalue weighted by molar-refractivity contribution is 8.39. The lowest BCUT2D eigenvalue weighted by Crippen LogP contribution is -2.11. The van der Waals surface area contributed by atoms with Crippen LogP contribution in [0, 0.1) is 0 Å². The smallest absolute Gasteiger partial charge is 0.0356 e. The topological polar surface area (TPSA) is 0 Å². The molecule has 0 spiro atoms. The van der Waals surface area contributed by atoms with Gasteiger partial charge in [-0.05, 0) is 120 Å². The number of hydrogen-bond acceptors (Lipinski definition) is 1. The average molecular weight is 713 g/mol. The van der Waals surface area contributed by atoms with E-state index in [4.69, 9.17) is 0 Å². The second-order valence-corrected chi connectivity index (χ2v) is 20.5. The van der Waals surface area contributed by atoms with Crippen molar-refractivity contribution in [2.24, 2.45) is 0 Å². The molecule has 0 atom stereocenters. The minimum absolute atomic E-state index is 1.09. The summed E-state index contributed by atoms with van der Waals surface area (Å²) in [5.74, 6) is 0. The number of hydrogen-bond donors (Lipinski definition) is 0. The van der Waals surface area contributed by atoms with Gasteiger partial charge in [-0.2, -0.15) is 0 Å². The van der Waals surface area contributed by atoms with Gasteiger partial charge in [-0.1, -0.05) is 109 Å². The number of allylic oxidation sites excluding steroid dienone is 8. The van der Waals surface area contributed by atoms with E-state index in [-0.39, 0.29) is 0 Å². The predicted molar refractivity (Wildman–Crippen MR) is 223 cm³/mol. The summed E-state index contributed by atoms with van der Waals surface area (Å²) in [5.41, 5.74) is 0. The highest BCUT2D eigenvalue weighted by Gasteiger charge is 2.37. The van der Waals surface area contributed by atoms with Gasteiger partial charge in [0.2, 0.25) is 0 Å².